The second kappa shape index (κ2) is 16.7. The van der Waals surface area contributed by atoms with E-state index in [9.17, 15) is 22.8 Å². The summed E-state index contributed by atoms with van der Waals surface area (Å²) in [7, 11) is -3.80. The number of hydrogen-bond acceptors (Lipinski definition) is 7. The van der Waals surface area contributed by atoms with Crippen molar-refractivity contribution >= 4 is 56.8 Å². The van der Waals surface area contributed by atoms with Crippen LogP contribution >= 0.6 is 23.2 Å². The number of rotatable bonds is 13. The maximum Gasteiger partial charge on any atom is 0.410 e. The van der Waals surface area contributed by atoms with Crippen LogP contribution in [-0.4, -0.2) is 82.1 Å². The molecule has 3 N–H and O–H groups in total. The molecule has 1 saturated heterocycles. The van der Waals surface area contributed by atoms with E-state index >= 15 is 0 Å². The van der Waals surface area contributed by atoms with Gasteiger partial charge in [-0.25, -0.2) is 17.9 Å². The largest absolute Gasteiger partial charge is 0.444 e. The molecule has 1 fully saturated rings. The number of nitrogens with zero attached hydrogens (tertiary/aromatic N) is 2. The lowest BCUT2D eigenvalue weighted by molar-refractivity contribution is -0.123. The van der Waals surface area contributed by atoms with Gasteiger partial charge in [-0.15, -0.1) is 0 Å². The maximum absolute atomic E-state index is 13.1. The van der Waals surface area contributed by atoms with Gasteiger partial charge in [-0.2, -0.15) is 0 Å². The zero-order valence-electron chi connectivity index (χ0n) is 27.1. The molecule has 0 bridgehead atoms. The van der Waals surface area contributed by atoms with Crippen LogP contribution < -0.4 is 20.3 Å². The molecule has 254 valence electrons. The lowest BCUT2D eigenvalue weighted by Crippen LogP contribution is -2.50. The van der Waals surface area contributed by atoms with Crippen molar-refractivity contribution in [2.45, 2.75) is 70.4 Å². The maximum atomic E-state index is 13.1. The Bertz CT molecular complexity index is 1460. The number of unbranched alkanes of at least 4 members (excludes halogenated alkanes) is 1. The van der Waals surface area contributed by atoms with E-state index in [1.807, 2.05) is 46.8 Å². The van der Waals surface area contributed by atoms with Crippen LogP contribution in [0.3, 0.4) is 0 Å². The molecule has 0 radical (unpaired) electrons. The highest BCUT2D eigenvalue weighted by molar-refractivity contribution is 7.89. The third kappa shape index (κ3) is 11.6. The minimum atomic E-state index is -3.80. The molecule has 46 heavy (non-hydrogen) atoms. The first kappa shape index (κ1) is 37.4. The van der Waals surface area contributed by atoms with E-state index < -0.39 is 21.7 Å². The van der Waals surface area contributed by atoms with Gasteiger partial charge in [0, 0.05) is 55.5 Å². The van der Waals surface area contributed by atoms with E-state index in [4.69, 9.17) is 27.9 Å². The molecule has 3 amide bonds. The molecular weight excluding hydrogens is 653 g/mol. The monoisotopic (exact) mass is 697 g/mol. The van der Waals surface area contributed by atoms with Crippen molar-refractivity contribution in [3.05, 3.63) is 58.1 Å². The van der Waals surface area contributed by atoms with Crippen LogP contribution in [0.4, 0.5) is 10.5 Å². The van der Waals surface area contributed by atoms with Gasteiger partial charge in [-0.1, -0.05) is 37.0 Å². The van der Waals surface area contributed by atoms with Gasteiger partial charge in [0.2, 0.25) is 15.9 Å². The third-order valence-corrected chi connectivity index (χ3v) is 9.31. The Morgan fingerprint density at radius 2 is 1.57 bits per heavy atom. The number of piperazine rings is 1. The molecule has 1 heterocycles. The van der Waals surface area contributed by atoms with Gasteiger partial charge in [-0.3, -0.25) is 9.59 Å². The second-order valence-corrected chi connectivity index (χ2v) is 15.2. The topological polar surface area (TPSA) is 137 Å². The predicted molar refractivity (Wildman–Crippen MR) is 181 cm³/mol. The van der Waals surface area contributed by atoms with Crippen LogP contribution in [0, 0.1) is 5.92 Å². The van der Waals surface area contributed by atoms with Crippen molar-refractivity contribution in [1.29, 1.82) is 0 Å². The van der Waals surface area contributed by atoms with Crippen molar-refractivity contribution in [2.75, 3.05) is 44.2 Å². The molecule has 2 aromatic rings. The zero-order valence-corrected chi connectivity index (χ0v) is 29.4. The molecule has 0 aliphatic carbocycles. The fourth-order valence-corrected chi connectivity index (χ4v) is 6.65. The van der Waals surface area contributed by atoms with Crippen LogP contribution in [0.5, 0.6) is 0 Å². The summed E-state index contributed by atoms with van der Waals surface area (Å²) in [5.74, 6) is -0.487. The SMILES string of the molecule is CC(C)C[C@@H](NC(=O)c1ccc(N2CCN(C(=O)OC(C)(C)C)CC2)cc1)C(=O)NCCCCNS(=O)(=O)c1ccc(Cl)cc1Cl. The Hall–Kier alpha value is -3.06. The van der Waals surface area contributed by atoms with Gasteiger partial charge in [0.1, 0.15) is 16.5 Å². The number of carbonyl (C=O) groups excluding carboxylic acids is 3. The number of benzene rings is 2. The molecule has 11 nitrogen and oxygen atoms in total. The fraction of sp³-hybridized carbons (Fsp3) is 0.531. The molecule has 1 aliphatic rings. The van der Waals surface area contributed by atoms with Crippen LogP contribution in [0.15, 0.2) is 47.4 Å². The highest BCUT2D eigenvalue weighted by atomic mass is 35.5. The number of hydrogen-bond donors (Lipinski definition) is 3. The number of sulfonamides is 1. The van der Waals surface area contributed by atoms with E-state index in [1.54, 1.807) is 17.0 Å². The molecule has 2 aromatic carbocycles. The van der Waals surface area contributed by atoms with E-state index in [0.29, 0.717) is 62.6 Å². The number of nitrogens with one attached hydrogen (secondary N) is 3. The number of amides is 3. The first-order valence-electron chi connectivity index (χ1n) is 15.4. The van der Waals surface area contributed by atoms with E-state index in [-0.39, 0.29) is 40.3 Å². The Kier molecular flexibility index (Phi) is 13.6. The molecule has 0 aromatic heterocycles. The predicted octanol–water partition coefficient (Wildman–Crippen LogP) is 5.07. The molecule has 1 atom stereocenters. The summed E-state index contributed by atoms with van der Waals surface area (Å²) in [4.78, 5) is 42.2. The second-order valence-electron chi connectivity index (χ2n) is 12.6. The molecule has 0 spiro atoms. The van der Waals surface area contributed by atoms with Gasteiger partial charge in [0.05, 0.1) is 5.02 Å². The van der Waals surface area contributed by atoms with E-state index in [2.05, 4.69) is 20.3 Å². The average molecular weight is 699 g/mol. The van der Waals surface area contributed by atoms with Crippen molar-refractivity contribution in [1.82, 2.24) is 20.3 Å². The summed E-state index contributed by atoms with van der Waals surface area (Å²) >= 11 is 11.9. The van der Waals surface area contributed by atoms with Crippen LogP contribution in [0.1, 0.15) is 64.2 Å². The van der Waals surface area contributed by atoms with Crippen molar-refractivity contribution < 1.29 is 27.5 Å². The van der Waals surface area contributed by atoms with Crippen LogP contribution in [-0.2, 0) is 19.6 Å². The van der Waals surface area contributed by atoms with Gasteiger partial charge >= 0.3 is 6.09 Å². The minimum Gasteiger partial charge on any atom is -0.444 e. The molecule has 1 aliphatic heterocycles. The third-order valence-electron chi connectivity index (χ3n) is 7.13. The summed E-state index contributed by atoms with van der Waals surface area (Å²) in [5.41, 5.74) is 0.834. The lowest BCUT2D eigenvalue weighted by atomic mass is 10.0. The van der Waals surface area contributed by atoms with Gasteiger partial charge in [-0.05, 0) is 88.4 Å². The molecule has 0 unspecified atom stereocenters. The fourth-order valence-electron chi connectivity index (χ4n) is 4.80. The summed E-state index contributed by atoms with van der Waals surface area (Å²) in [6.07, 6.45) is 1.15. The van der Waals surface area contributed by atoms with E-state index in [1.165, 1.54) is 18.2 Å². The minimum absolute atomic E-state index is 0.0386. The summed E-state index contributed by atoms with van der Waals surface area (Å²) in [6.45, 7) is 12.3. The Labute approximate surface area is 282 Å². The molecule has 14 heteroatoms. The van der Waals surface area contributed by atoms with Crippen molar-refractivity contribution in [2.24, 2.45) is 5.92 Å². The number of anilines is 1. The standard InChI is InChI=1S/C32H45Cl2N5O6S/c1-22(2)20-27(30(41)35-14-6-7-15-36-46(43,44)28-13-10-24(33)21-26(28)34)37-29(40)23-8-11-25(12-9-23)38-16-18-39(19-17-38)31(42)45-32(3,4)5/h8-13,21-22,27,36H,6-7,14-20H2,1-5H3,(H,35,41)(H,37,40)/t27-/m1/s1. The molecular formula is C32H45Cl2N5O6S. The first-order valence-corrected chi connectivity index (χ1v) is 17.7. The van der Waals surface area contributed by atoms with Crippen molar-refractivity contribution in [3.63, 3.8) is 0 Å². The quantitative estimate of drug-likeness (QED) is 0.249. The number of halogens is 2. The number of ether oxygens (including phenoxy) is 1. The van der Waals surface area contributed by atoms with Gasteiger partial charge in [0.25, 0.3) is 5.91 Å². The average Bonchev–Trinajstić information content (AvgIpc) is 2.97. The van der Waals surface area contributed by atoms with Gasteiger partial charge < -0.3 is 25.2 Å². The first-order chi connectivity index (χ1) is 21.6. The molecule has 0 saturated carbocycles. The Morgan fingerprint density at radius 1 is 0.935 bits per heavy atom. The van der Waals surface area contributed by atoms with Crippen LogP contribution in [0.2, 0.25) is 10.0 Å². The normalized spacial score (nSPS) is 14.6. The highest BCUT2D eigenvalue weighted by Crippen LogP contribution is 2.25. The smallest absolute Gasteiger partial charge is 0.410 e. The number of carbonyl (C=O) groups is 3. The van der Waals surface area contributed by atoms with E-state index in [0.717, 1.165) is 5.69 Å². The highest BCUT2D eigenvalue weighted by Gasteiger charge is 2.27. The summed E-state index contributed by atoms with van der Waals surface area (Å²) in [6, 6.07) is 10.6. The van der Waals surface area contributed by atoms with Gasteiger partial charge in [0.15, 0.2) is 0 Å². The Morgan fingerprint density at radius 3 is 2.15 bits per heavy atom. The van der Waals surface area contributed by atoms with Crippen LogP contribution in [0.25, 0.3) is 0 Å². The summed E-state index contributed by atoms with van der Waals surface area (Å²) in [5, 5.41) is 6.10. The summed E-state index contributed by atoms with van der Waals surface area (Å²) < 4.78 is 33.0. The van der Waals surface area contributed by atoms with Crippen molar-refractivity contribution in [3.8, 4) is 0 Å². The molecule has 3 rings (SSSR count). The zero-order chi connectivity index (χ0) is 34.1. The lowest BCUT2D eigenvalue weighted by Gasteiger charge is -2.36. The Balaban J connectivity index is 1.45.